The van der Waals surface area contributed by atoms with Crippen molar-refractivity contribution in [1.29, 1.82) is 0 Å². The molecule has 8 nitrogen and oxygen atoms in total. The molecule has 4 N–H and O–H groups in total. The van der Waals surface area contributed by atoms with Gasteiger partial charge < -0.3 is 34.5 Å². The van der Waals surface area contributed by atoms with E-state index >= 15 is 0 Å². The quantitative estimate of drug-likeness (QED) is 0.203. The summed E-state index contributed by atoms with van der Waals surface area (Å²) in [6.45, 7) is 2.43. The lowest BCUT2D eigenvalue weighted by atomic mass is 9.86. The van der Waals surface area contributed by atoms with Gasteiger partial charge >= 0.3 is 0 Å². The molecule has 40 heavy (non-hydrogen) atoms. The number of benzene rings is 3. The van der Waals surface area contributed by atoms with Gasteiger partial charge in [-0.15, -0.1) is 0 Å². The van der Waals surface area contributed by atoms with Crippen LogP contribution in [0.5, 0.6) is 28.7 Å². The van der Waals surface area contributed by atoms with Crippen LogP contribution >= 0.6 is 0 Å². The Kier molecular flexibility index (Phi) is 7.71. The lowest BCUT2D eigenvalue weighted by Gasteiger charge is -2.30. The van der Waals surface area contributed by atoms with E-state index in [4.69, 9.17) is 14.2 Å². The van der Waals surface area contributed by atoms with Crippen LogP contribution in [0.3, 0.4) is 0 Å². The van der Waals surface area contributed by atoms with Gasteiger partial charge in [0.1, 0.15) is 23.2 Å². The topological polar surface area (TPSA) is 121 Å². The van der Waals surface area contributed by atoms with Crippen molar-refractivity contribution < 1.29 is 34.3 Å². The highest BCUT2D eigenvalue weighted by atomic mass is 16.5. The smallest absolute Gasteiger partial charge is 0.204 e. The number of ether oxygens (including phenoxy) is 3. The zero-order valence-corrected chi connectivity index (χ0v) is 22.7. The Morgan fingerprint density at radius 3 is 2.48 bits per heavy atom. The average Bonchev–Trinajstić information content (AvgIpc) is 3.45. The highest BCUT2D eigenvalue weighted by Gasteiger charge is 2.37. The van der Waals surface area contributed by atoms with Crippen molar-refractivity contribution in [3.05, 3.63) is 88.7 Å². The number of phenols is 3. The fourth-order valence-electron chi connectivity index (χ4n) is 5.33. The van der Waals surface area contributed by atoms with Gasteiger partial charge in [-0.25, -0.2) is 0 Å². The molecule has 8 heteroatoms. The number of hydrogen-bond donors (Lipinski definition) is 4. The third-order valence-corrected chi connectivity index (χ3v) is 7.47. The van der Waals surface area contributed by atoms with Crippen molar-refractivity contribution in [2.75, 3.05) is 20.8 Å². The molecule has 0 spiro atoms. The number of ketones is 1. The number of aryl methyl sites for hydroxylation is 1. The van der Waals surface area contributed by atoms with Gasteiger partial charge in [-0.3, -0.25) is 4.79 Å². The first kappa shape index (κ1) is 27.1. The van der Waals surface area contributed by atoms with Crippen LogP contribution in [0.2, 0.25) is 0 Å². The Hall–Kier alpha value is -4.43. The van der Waals surface area contributed by atoms with Crippen LogP contribution in [0.25, 0.3) is 11.1 Å². The first-order valence-electron chi connectivity index (χ1n) is 13.2. The SMILES string of the molecule is CCc1cc(-c2cccc(C(COC)Cc3c(O)c(OC)c(O)c4c3OC(c3ccc(O)cc3)CC4=O)c2)c[nH]1. The van der Waals surface area contributed by atoms with E-state index in [0.717, 1.165) is 28.8 Å². The summed E-state index contributed by atoms with van der Waals surface area (Å²) in [5.74, 6) is -1.22. The highest BCUT2D eigenvalue weighted by Crippen LogP contribution is 2.52. The van der Waals surface area contributed by atoms with Crippen molar-refractivity contribution in [2.45, 2.75) is 38.2 Å². The molecular weight excluding hydrogens is 510 g/mol. The Morgan fingerprint density at radius 1 is 1.02 bits per heavy atom. The molecule has 0 radical (unpaired) electrons. The fourth-order valence-corrected chi connectivity index (χ4v) is 5.33. The van der Waals surface area contributed by atoms with E-state index in [2.05, 4.69) is 24.0 Å². The summed E-state index contributed by atoms with van der Waals surface area (Å²) in [7, 11) is 2.94. The molecule has 3 aromatic carbocycles. The van der Waals surface area contributed by atoms with E-state index in [9.17, 15) is 20.1 Å². The van der Waals surface area contributed by atoms with Gasteiger partial charge in [0.15, 0.2) is 17.3 Å². The molecule has 1 aliphatic heterocycles. The van der Waals surface area contributed by atoms with Gasteiger partial charge in [-0.1, -0.05) is 43.3 Å². The molecular formula is C32H33NO7. The maximum absolute atomic E-state index is 13.3. The number of aromatic amines is 1. The van der Waals surface area contributed by atoms with Gasteiger partial charge in [-0.2, -0.15) is 0 Å². The van der Waals surface area contributed by atoms with Crippen LogP contribution in [0.1, 0.15) is 58.1 Å². The van der Waals surface area contributed by atoms with Gasteiger partial charge in [0.25, 0.3) is 0 Å². The van der Waals surface area contributed by atoms with Gasteiger partial charge in [0, 0.05) is 30.5 Å². The first-order chi connectivity index (χ1) is 19.3. The normalized spacial score (nSPS) is 15.4. The highest BCUT2D eigenvalue weighted by molar-refractivity contribution is 6.04. The Labute approximate surface area is 232 Å². The lowest BCUT2D eigenvalue weighted by Crippen LogP contribution is -2.23. The van der Waals surface area contributed by atoms with E-state index in [1.165, 1.54) is 19.2 Å². The van der Waals surface area contributed by atoms with Gasteiger partial charge in [-0.05, 0) is 53.3 Å². The van der Waals surface area contributed by atoms with Gasteiger partial charge in [0.2, 0.25) is 5.75 Å². The number of Topliss-reactive ketones (excluding diaryl/α,β-unsaturated/α-hetero) is 1. The number of nitrogens with one attached hydrogen (secondary N) is 1. The predicted octanol–water partition coefficient (Wildman–Crippen LogP) is 6.05. The number of fused-ring (bicyclic) bond motifs is 1. The second-order valence-electron chi connectivity index (χ2n) is 9.99. The van der Waals surface area contributed by atoms with Crippen molar-refractivity contribution in [3.8, 4) is 39.9 Å². The summed E-state index contributed by atoms with van der Waals surface area (Å²) in [5.41, 5.74) is 5.28. The number of methoxy groups -OCH3 is 2. The summed E-state index contributed by atoms with van der Waals surface area (Å²) in [4.78, 5) is 16.6. The molecule has 208 valence electrons. The van der Waals surface area contributed by atoms with E-state index in [1.807, 2.05) is 24.4 Å². The third-order valence-electron chi connectivity index (χ3n) is 7.47. The van der Waals surface area contributed by atoms with Crippen molar-refractivity contribution in [2.24, 2.45) is 0 Å². The minimum atomic E-state index is -0.655. The van der Waals surface area contributed by atoms with Crippen LogP contribution in [0.4, 0.5) is 0 Å². The molecule has 0 bridgehead atoms. The maximum atomic E-state index is 13.3. The largest absolute Gasteiger partial charge is 0.508 e. The molecule has 0 fully saturated rings. The van der Waals surface area contributed by atoms with E-state index < -0.39 is 11.9 Å². The summed E-state index contributed by atoms with van der Waals surface area (Å²) in [6, 6.07) is 16.7. The third kappa shape index (κ3) is 5.10. The van der Waals surface area contributed by atoms with Crippen molar-refractivity contribution >= 4 is 5.78 Å². The molecule has 2 heterocycles. The summed E-state index contributed by atoms with van der Waals surface area (Å²) in [6.07, 6.45) is 2.48. The number of H-pyrrole nitrogens is 1. The summed E-state index contributed by atoms with van der Waals surface area (Å²) < 4.78 is 17.2. The van der Waals surface area contributed by atoms with Crippen LogP contribution < -0.4 is 9.47 Å². The first-order valence-corrected chi connectivity index (χ1v) is 13.2. The number of hydrogen-bond acceptors (Lipinski definition) is 7. The van der Waals surface area contributed by atoms with Crippen molar-refractivity contribution in [3.63, 3.8) is 0 Å². The van der Waals surface area contributed by atoms with E-state index in [1.54, 1.807) is 19.2 Å². The average molecular weight is 544 g/mol. The summed E-state index contributed by atoms with van der Waals surface area (Å²) in [5, 5.41) is 31.9. The Bertz CT molecular complexity index is 1520. The van der Waals surface area contributed by atoms with Crippen LogP contribution in [-0.2, 0) is 17.6 Å². The molecule has 0 saturated heterocycles. The number of carbonyl (C=O) groups excluding carboxylic acids is 1. The maximum Gasteiger partial charge on any atom is 0.204 e. The minimum absolute atomic E-state index is 0.0102. The Morgan fingerprint density at radius 2 is 1.80 bits per heavy atom. The van der Waals surface area contributed by atoms with E-state index in [0.29, 0.717) is 17.7 Å². The Balaban J connectivity index is 1.57. The number of phenolic OH excluding ortho intramolecular Hbond substituents is 3. The zero-order valence-electron chi connectivity index (χ0n) is 22.7. The monoisotopic (exact) mass is 543 g/mol. The molecule has 0 saturated carbocycles. The number of rotatable bonds is 9. The number of carbonyl (C=O) groups is 1. The standard InChI is InChI=1S/C32H33NO7/c1-4-23-13-21(16-33-23)19-6-5-7-20(12-19)22(17-38-2)14-25-29(36)32(39-3)30(37)28-26(35)15-27(40-31(25)28)18-8-10-24(34)11-9-18/h5-13,16,22,27,33-34,36-37H,4,14-15,17H2,1-3H3. The summed E-state index contributed by atoms with van der Waals surface area (Å²) >= 11 is 0. The molecule has 4 aromatic rings. The molecule has 1 aliphatic rings. The van der Waals surface area contributed by atoms with Crippen LogP contribution in [-0.4, -0.2) is 46.9 Å². The molecule has 0 aliphatic carbocycles. The number of aromatic nitrogens is 1. The predicted molar refractivity (Wildman–Crippen MR) is 151 cm³/mol. The second-order valence-corrected chi connectivity index (χ2v) is 9.99. The molecule has 2 unspecified atom stereocenters. The molecule has 5 rings (SSSR count). The minimum Gasteiger partial charge on any atom is -0.508 e. The molecule has 2 atom stereocenters. The zero-order chi connectivity index (χ0) is 28.4. The van der Waals surface area contributed by atoms with E-state index in [-0.39, 0.29) is 53.1 Å². The second kappa shape index (κ2) is 11.4. The van der Waals surface area contributed by atoms with Crippen LogP contribution in [0, 0.1) is 0 Å². The van der Waals surface area contributed by atoms with Crippen LogP contribution in [0.15, 0.2) is 60.8 Å². The molecule has 1 aromatic heterocycles. The lowest BCUT2D eigenvalue weighted by molar-refractivity contribution is 0.0839. The molecule has 0 amide bonds. The van der Waals surface area contributed by atoms with Gasteiger partial charge in [0.05, 0.1) is 20.1 Å². The van der Waals surface area contributed by atoms with Crippen molar-refractivity contribution in [1.82, 2.24) is 4.98 Å². The fraction of sp³-hybridized carbons (Fsp3) is 0.281. The number of aromatic hydroxyl groups is 3.